The molecule has 0 amide bonds. The normalized spacial score (nSPS) is 17.5. The van der Waals surface area contributed by atoms with Gasteiger partial charge in [0.15, 0.2) is 0 Å². The molecule has 1 N–H and O–H groups in total. The van der Waals surface area contributed by atoms with Crippen molar-refractivity contribution in [1.29, 1.82) is 0 Å². The van der Waals surface area contributed by atoms with Gasteiger partial charge in [-0.25, -0.2) is 0 Å². The fraction of sp³-hybridized carbons (Fsp3) is 0.385. The summed E-state index contributed by atoms with van der Waals surface area (Å²) in [6.07, 6.45) is 4.13. The second-order valence-electron chi connectivity index (χ2n) is 3.95. The number of rotatable bonds is 3. The number of benzene rings is 1. The number of allylic oxidation sites excluding steroid dienone is 1. The molecule has 0 saturated carbocycles. The molecule has 86 valence electrons. The Bertz CT molecular complexity index is 387. The molecular formula is C13H15BrO2. The molecule has 1 unspecified atom stereocenters. The van der Waals surface area contributed by atoms with E-state index in [0.717, 1.165) is 35.2 Å². The van der Waals surface area contributed by atoms with Gasteiger partial charge in [-0.15, -0.1) is 0 Å². The highest BCUT2D eigenvalue weighted by atomic mass is 79.9. The van der Waals surface area contributed by atoms with Crippen LogP contribution in [-0.4, -0.2) is 17.8 Å². The van der Waals surface area contributed by atoms with Crippen LogP contribution < -0.4 is 0 Å². The summed E-state index contributed by atoms with van der Waals surface area (Å²) in [7, 11) is 0. The molecule has 0 fully saturated rings. The monoisotopic (exact) mass is 282 g/mol. The van der Waals surface area contributed by atoms with Gasteiger partial charge in [0, 0.05) is 10.9 Å². The Morgan fingerprint density at radius 3 is 3.00 bits per heavy atom. The Hall–Kier alpha value is -0.800. The third-order valence-electron chi connectivity index (χ3n) is 2.61. The van der Waals surface area contributed by atoms with Crippen LogP contribution >= 0.6 is 15.9 Å². The molecule has 1 aromatic rings. The Labute approximate surface area is 104 Å². The highest BCUT2D eigenvalue weighted by molar-refractivity contribution is 9.10. The summed E-state index contributed by atoms with van der Waals surface area (Å²) in [5, 5.41) is 10.0. The van der Waals surface area contributed by atoms with Crippen molar-refractivity contribution in [2.24, 2.45) is 0 Å². The number of hydrogen-bond acceptors (Lipinski definition) is 2. The Kier molecular flexibility index (Phi) is 4.02. The zero-order valence-electron chi connectivity index (χ0n) is 9.03. The Balaban J connectivity index is 2.01. The summed E-state index contributed by atoms with van der Waals surface area (Å²) in [6.45, 7) is 0.724. The molecule has 1 aliphatic rings. The lowest BCUT2D eigenvalue weighted by molar-refractivity contribution is 0.0918. The first kappa shape index (κ1) is 11.7. The number of aliphatic hydroxyl groups is 1. The lowest BCUT2D eigenvalue weighted by Gasteiger charge is -2.19. The van der Waals surface area contributed by atoms with Crippen molar-refractivity contribution in [2.75, 3.05) is 6.61 Å². The Morgan fingerprint density at radius 2 is 2.31 bits per heavy atom. The number of halogens is 1. The molecule has 0 aromatic heterocycles. The van der Waals surface area contributed by atoms with Crippen molar-refractivity contribution in [3.8, 4) is 0 Å². The minimum atomic E-state index is -0.519. The van der Waals surface area contributed by atoms with E-state index in [4.69, 9.17) is 4.74 Å². The SMILES string of the molecule is OC(Cc1cccc(Br)c1)C1=CCCCO1. The summed E-state index contributed by atoms with van der Waals surface area (Å²) in [5.74, 6) is 0.728. The molecule has 2 rings (SSSR count). The zero-order valence-corrected chi connectivity index (χ0v) is 10.6. The maximum atomic E-state index is 10.0. The summed E-state index contributed by atoms with van der Waals surface area (Å²) in [5.41, 5.74) is 1.11. The van der Waals surface area contributed by atoms with Crippen LogP contribution in [0.3, 0.4) is 0 Å². The van der Waals surface area contributed by atoms with Crippen molar-refractivity contribution in [3.05, 3.63) is 46.1 Å². The smallest absolute Gasteiger partial charge is 0.121 e. The van der Waals surface area contributed by atoms with Gasteiger partial charge in [0.2, 0.25) is 0 Å². The predicted octanol–water partition coefficient (Wildman–Crippen LogP) is 3.05. The van der Waals surface area contributed by atoms with Gasteiger partial charge in [-0.3, -0.25) is 0 Å². The van der Waals surface area contributed by atoms with Crippen LogP contribution in [0.25, 0.3) is 0 Å². The molecule has 0 aliphatic carbocycles. The van der Waals surface area contributed by atoms with Crippen molar-refractivity contribution in [2.45, 2.75) is 25.4 Å². The van der Waals surface area contributed by atoms with E-state index in [0.29, 0.717) is 6.42 Å². The summed E-state index contributed by atoms with van der Waals surface area (Å²) in [4.78, 5) is 0. The Morgan fingerprint density at radius 1 is 1.44 bits per heavy atom. The van der Waals surface area contributed by atoms with E-state index in [1.807, 2.05) is 30.3 Å². The van der Waals surface area contributed by atoms with E-state index in [1.54, 1.807) is 0 Å². The van der Waals surface area contributed by atoms with E-state index in [2.05, 4.69) is 15.9 Å². The van der Waals surface area contributed by atoms with Crippen LogP contribution in [0, 0.1) is 0 Å². The van der Waals surface area contributed by atoms with Gasteiger partial charge >= 0.3 is 0 Å². The quantitative estimate of drug-likeness (QED) is 0.924. The summed E-state index contributed by atoms with van der Waals surface area (Å²) < 4.78 is 6.48. The lowest BCUT2D eigenvalue weighted by Crippen LogP contribution is -2.18. The minimum Gasteiger partial charge on any atom is -0.495 e. The summed E-state index contributed by atoms with van der Waals surface area (Å²) >= 11 is 3.42. The maximum absolute atomic E-state index is 10.0. The van der Waals surface area contributed by atoms with Gasteiger partial charge in [0.05, 0.1) is 6.61 Å². The van der Waals surface area contributed by atoms with Gasteiger partial charge in [-0.2, -0.15) is 0 Å². The molecule has 16 heavy (non-hydrogen) atoms. The molecule has 0 radical (unpaired) electrons. The first-order valence-corrected chi connectivity index (χ1v) is 6.30. The molecule has 1 atom stereocenters. The average molecular weight is 283 g/mol. The van der Waals surface area contributed by atoms with Crippen molar-refractivity contribution < 1.29 is 9.84 Å². The molecule has 2 nitrogen and oxygen atoms in total. The van der Waals surface area contributed by atoms with E-state index < -0.39 is 6.10 Å². The number of hydrogen-bond donors (Lipinski definition) is 1. The molecule has 3 heteroatoms. The van der Waals surface area contributed by atoms with Crippen molar-refractivity contribution in [1.82, 2.24) is 0 Å². The molecular weight excluding hydrogens is 268 g/mol. The minimum absolute atomic E-state index is 0.519. The first-order valence-electron chi connectivity index (χ1n) is 5.51. The average Bonchev–Trinajstić information content (AvgIpc) is 2.30. The largest absolute Gasteiger partial charge is 0.495 e. The van der Waals surface area contributed by atoms with Crippen LogP contribution in [0.1, 0.15) is 18.4 Å². The lowest BCUT2D eigenvalue weighted by atomic mass is 10.1. The van der Waals surface area contributed by atoms with Crippen LogP contribution in [0.4, 0.5) is 0 Å². The third kappa shape index (κ3) is 3.09. The van der Waals surface area contributed by atoms with Gasteiger partial charge in [-0.05, 0) is 36.6 Å². The topological polar surface area (TPSA) is 29.5 Å². The molecule has 1 aliphatic heterocycles. The molecule has 0 saturated heterocycles. The fourth-order valence-corrected chi connectivity index (χ4v) is 2.24. The molecule has 1 aromatic carbocycles. The van der Waals surface area contributed by atoms with E-state index >= 15 is 0 Å². The van der Waals surface area contributed by atoms with Gasteiger partial charge in [0.1, 0.15) is 11.9 Å². The number of ether oxygens (including phenoxy) is 1. The highest BCUT2D eigenvalue weighted by Gasteiger charge is 2.15. The standard InChI is InChI=1S/C13H15BrO2/c14-11-5-3-4-10(8-11)9-12(15)13-6-1-2-7-16-13/h3-6,8,12,15H,1-2,7,9H2. The summed E-state index contributed by atoms with van der Waals surface area (Å²) in [6, 6.07) is 7.98. The van der Waals surface area contributed by atoms with Crippen LogP contribution in [-0.2, 0) is 11.2 Å². The predicted molar refractivity (Wildman–Crippen MR) is 67.1 cm³/mol. The first-order chi connectivity index (χ1) is 7.75. The zero-order chi connectivity index (χ0) is 11.4. The highest BCUT2D eigenvalue weighted by Crippen LogP contribution is 2.19. The molecule has 0 bridgehead atoms. The van der Waals surface area contributed by atoms with Gasteiger partial charge in [0.25, 0.3) is 0 Å². The van der Waals surface area contributed by atoms with Crippen LogP contribution in [0.2, 0.25) is 0 Å². The van der Waals surface area contributed by atoms with Crippen molar-refractivity contribution >= 4 is 15.9 Å². The second-order valence-corrected chi connectivity index (χ2v) is 4.86. The molecule has 0 spiro atoms. The van der Waals surface area contributed by atoms with E-state index in [-0.39, 0.29) is 0 Å². The van der Waals surface area contributed by atoms with E-state index in [9.17, 15) is 5.11 Å². The number of aliphatic hydroxyl groups excluding tert-OH is 1. The van der Waals surface area contributed by atoms with Gasteiger partial charge < -0.3 is 9.84 Å². The maximum Gasteiger partial charge on any atom is 0.121 e. The third-order valence-corrected chi connectivity index (χ3v) is 3.10. The molecule has 1 heterocycles. The van der Waals surface area contributed by atoms with Crippen molar-refractivity contribution in [3.63, 3.8) is 0 Å². The van der Waals surface area contributed by atoms with Crippen LogP contribution in [0.15, 0.2) is 40.6 Å². The fourth-order valence-electron chi connectivity index (χ4n) is 1.80. The van der Waals surface area contributed by atoms with Crippen LogP contribution in [0.5, 0.6) is 0 Å². The van der Waals surface area contributed by atoms with Gasteiger partial charge in [-0.1, -0.05) is 28.1 Å². The second kappa shape index (κ2) is 5.51. The van der Waals surface area contributed by atoms with E-state index in [1.165, 1.54) is 0 Å².